The Bertz CT molecular complexity index is 1190. The molecule has 32 heavy (non-hydrogen) atoms. The molecular formula is C22H24FN3O5S. The summed E-state index contributed by atoms with van der Waals surface area (Å²) in [7, 11) is -0.125. The number of halogens is 1. The van der Waals surface area contributed by atoms with Crippen LogP contribution in [0.3, 0.4) is 0 Å². The van der Waals surface area contributed by atoms with Gasteiger partial charge in [0.1, 0.15) is 19.0 Å². The molecular weight excluding hydrogens is 437 g/mol. The molecule has 0 atom stereocenters. The molecule has 0 unspecified atom stereocenters. The van der Waals surface area contributed by atoms with Crippen LogP contribution >= 0.6 is 0 Å². The van der Waals surface area contributed by atoms with Crippen molar-refractivity contribution in [3.8, 4) is 23.0 Å². The molecule has 1 N–H and O–H groups in total. The summed E-state index contributed by atoms with van der Waals surface area (Å²) >= 11 is 0. The van der Waals surface area contributed by atoms with Gasteiger partial charge in [0.2, 0.25) is 26.6 Å². The molecule has 1 aliphatic rings. The van der Waals surface area contributed by atoms with Crippen LogP contribution in [0, 0.1) is 5.82 Å². The van der Waals surface area contributed by atoms with Crippen LogP contribution in [-0.2, 0) is 9.84 Å². The van der Waals surface area contributed by atoms with Crippen LogP contribution < -0.4 is 14.8 Å². The highest BCUT2D eigenvalue weighted by Crippen LogP contribution is 2.37. The minimum absolute atomic E-state index is 0.0112. The predicted molar refractivity (Wildman–Crippen MR) is 116 cm³/mol. The zero-order chi connectivity index (χ0) is 22.7. The summed E-state index contributed by atoms with van der Waals surface area (Å²) in [5.74, 6) is 0.560. The highest BCUT2D eigenvalue weighted by Gasteiger charge is 2.30. The number of aromatic nitrogens is 1. The highest BCUT2D eigenvalue weighted by molar-refractivity contribution is 7.91. The summed E-state index contributed by atoms with van der Waals surface area (Å²) < 4.78 is 57.0. The molecule has 0 saturated heterocycles. The Morgan fingerprint density at radius 2 is 1.78 bits per heavy atom. The van der Waals surface area contributed by atoms with Crippen LogP contribution in [0.5, 0.6) is 11.5 Å². The number of ether oxygens (including phenoxy) is 2. The van der Waals surface area contributed by atoms with Crippen molar-refractivity contribution >= 4 is 15.7 Å². The Labute approximate surface area is 185 Å². The lowest BCUT2D eigenvalue weighted by molar-refractivity contribution is 0.171. The number of hydrogen-bond acceptors (Lipinski definition) is 8. The third-order valence-corrected chi connectivity index (χ3v) is 6.49. The Balaban J connectivity index is 1.70. The molecule has 170 valence electrons. The van der Waals surface area contributed by atoms with Gasteiger partial charge in [0, 0.05) is 18.2 Å². The van der Waals surface area contributed by atoms with E-state index in [9.17, 15) is 12.8 Å². The minimum Gasteiger partial charge on any atom is -0.486 e. The molecule has 2 heterocycles. The third-order valence-electron chi connectivity index (χ3n) is 4.83. The molecule has 3 aromatic rings. The average molecular weight is 462 g/mol. The quantitative estimate of drug-likeness (QED) is 0.510. The van der Waals surface area contributed by atoms with E-state index in [4.69, 9.17) is 13.9 Å². The van der Waals surface area contributed by atoms with Crippen molar-refractivity contribution in [2.24, 2.45) is 0 Å². The number of oxazole rings is 1. The Kier molecular flexibility index (Phi) is 6.33. The third kappa shape index (κ3) is 4.71. The molecule has 0 amide bonds. The first-order valence-corrected chi connectivity index (χ1v) is 11.6. The van der Waals surface area contributed by atoms with E-state index in [-0.39, 0.29) is 21.7 Å². The van der Waals surface area contributed by atoms with E-state index in [1.807, 2.05) is 19.0 Å². The van der Waals surface area contributed by atoms with Crippen molar-refractivity contribution in [3.63, 3.8) is 0 Å². The molecule has 8 nitrogen and oxygen atoms in total. The number of sulfone groups is 1. The Hall–Kier alpha value is -3.11. The van der Waals surface area contributed by atoms with E-state index in [1.54, 1.807) is 6.07 Å². The molecule has 0 spiro atoms. The van der Waals surface area contributed by atoms with Crippen molar-refractivity contribution in [3.05, 3.63) is 48.3 Å². The molecule has 10 heteroatoms. The minimum atomic E-state index is -4.04. The standard InChI is InChI=1S/C22H24FN3O5S/c1-26(2)11-3-10-24-21-22(25-20(31-21)15-4-6-16(23)7-5-15)32(27,28)17-8-9-18-19(14-17)30-13-12-29-18/h4-9,14,24H,3,10-13H2,1-2H3. The summed E-state index contributed by atoms with van der Waals surface area (Å²) in [4.78, 5) is 6.30. The summed E-state index contributed by atoms with van der Waals surface area (Å²) in [5.41, 5.74) is 0.464. The molecule has 1 aliphatic heterocycles. The fourth-order valence-electron chi connectivity index (χ4n) is 3.22. The second-order valence-corrected chi connectivity index (χ2v) is 9.42. The van der Waals surface area contributed by atoms with Crippen molar-refractivity contribution in [2.75, 3.05) is 45.7 Å². The van der Waals surface area contributed by atoms with E-state index in [0.29, 0.717) is 36.8 Å². The fraction of sp³-hybridized carbons (Fsp3) is 0.318. The first kappa shape index (κ1) is 22.1. The monoisotopic (exact) mass is 461 g/mol. The predicted octanol–water partition coefficient (Wildman–Crippen LogP) is 3.45. The van der Waals surface area contributed by atoms with Crippen LogP contribution in [0.1, 0.15) is 6.42 Å². The number of nitrogens with one attached hydrogen (secondary N) is 1. The maximum absolute atomic E-state index is 13.5. The Morgan fingerprint density at radius 3 is 2.50 bits per heavy atom. The zero-order valence-corrected chi connectivity index (χ0v) is 18.6. The second kappa shape index (κ2) is 9.17. The van der Waals surface area contributed by atoms with Crippen molar-refractivity contribution in [1.82, 2.24) is 9.88 Å². The van der Waals surface area contributed by atoms with Gasteiger partial charge in [-0.15, -0.1) is 0 Å². The van der Waals surface area contributed by atoms with Gasteiger partial charge in [-0.25, -0.2) is 12.8 Å². The normalized spacial score (nSPS) is 13.4. The molecule has 0 radical (unpaired) electrons. The SMILES string of the molecule is CN(C)CCCNc1oc(-c2ccc(F)cc2)nc1S(=O)(=O)c1ccc2c(c1)OCCO2. The van der Waals surface area contributed by atoms with Crippen LogP contribution in [-0.4, -0.2) is 58.7 Å². The van der Waals surface area contributed by atoms with Gasteiger partial charge in [-0.1, -0.05) is 0 Å². The number of hydrogen-bond donors (Lipinski definition) is 1. The van der Waals surface area contributed by atoms with Gasteiger partial charge in [-0.05, 0) is 63.5 Å². The van der Waals surface area contributed by atoms with E-state index in [2.05, 4.69) is 10.3 Å². The second-order valence-electron chi connectivity index (χ2n) is 7.55. The number of fused-ring (bicyclic) bond motifs is 1. The Morgan fingerprint density at radius 1 is 1.06 bits per heavy atom. The van der Waals surface area contributed by atoms with Crippen LogP contribution in [0.2, 0.25) is 0 Å². The van der Waals surface area contributed by atoms with Crippen LogP contribution in [0.15, 0.2) is 56.8 Å². The molecule has 4 rings (SSSR count). The van der Waals surface area contributed by atoms with Crippen LogP contribution in [0.4, 0.5) is 10.3 Å². The van der Waals surface area contributed by atoms with Gasteiger partial charge < -0.3 is 24.1 Å². The first-order chi connectivity index (χ1) is 15.3. The summed E-state index contributed by atoms with van der Waals surface area (Å²) in [6.07, 6.45) is 0.767. The largest absolute Gasteiger partial charge is 0.486 e. The van der Waals surface area contributed by atoms with Gasteiger partial charge in [0.25, 0.3) is 0 Å². The number of anilines is 1. The van der Waals surface area contributed by atoms with Crippen molar-refractivity contribution in [2.45, 2.75) is 16.3 Å². The van der Waals surface area contributed by atoms with Crippen LogP contribution in [0.25, 0.3) is 11.5 Å². The maximum atomic E-state index is 13.5. The number of benzene rings is 2. The maximum Gasteiger partial charge on any atom is 0.233 e. The lowest BCUT2D eigenvalue weighted by Gasteiger charge is -2.18. The van der Waals surface area contributed by atoms with Gasteiger partial charge >= 0.3 is 0 Å². The fourth-order valence-corrected chi connectivity index (χ4v) is 4.51. The van der Waals surface area contributed by atoms with E-state index >= 15 is 0 Å². The van der Waals surface area contributed by atoms with E-state index in [0.717, 1.165) is 13.0 Å². The molecule has 0 aliphatic carbocycles. The van der Waals surface area contributed by atoms with Gasteiger partial charge in [0.15, 0.2) is 11.5 Å². The molecule has 1 aromatic heterocycles. The van der Waals surface area contributed by atoms with Crippen molar-refractivity contribution in [1.29, 1.82) is 0 Å². The smallest absolute Gasteiger partial charge is 0.233 e. The summed E-state index contributed by atoms with van der Waals surface area (Å²) in [6.45, 7) is 2.05. The van der Waals surface area contributed by atoms with E-state index in [1.165, 1.54) is 36.4 Å². The molecule has 0 fully saturated rings. The average Bonchev–Trinajstić information content (AvgIpc) is 3.22. The van der Waals surface area contributed by atoms with Gasteiger partial charge in [0.05, 0.1) is 4.90 Å². The number of rotatable bonds is 8. The van der Waals surface area contributed by atoms with E-state index < -0.39 is 15.7 Å². The van der Waals surface area contributed by atoms with Crippen molar-refractivity contribution < 1.29 is 26.7 Å². The zero-order valence-electron chi connectivity index (χ0n) is 17.8. The molecule has 0 saturated carbocycles. The van der Waals surface area contributed by atoms with Gasteiger partial charge in [-0.3, -0.25) is 0 Å². The van der Waals surface area contributed by atoms with Gasteiger partial charge in [-0.2, -0.15) is 4.98 Å². The lowest BCUT2D eigenvalue weighted by Crippen LogP contribution is -2.17. The topological polar surface area (TPSA) is 93.9 Å². The summed E-state index contributed by atoms with van der Waals surface area (Å²) in [5, 5.41) is 2.81. The molecule has 2 aromatic carbocycles. The summed E-state index contributed by atoms with van der Waals surface area (Å²) in [6, 6.07) is 9.93. The lowest BCUT2D eigenvalue weighted by atomic mass is 10.2. The molecule has 0 bridgehead atoms. The first-order valence-electron chi connectivity index (χ1n) is 10.1. The highest BCUT2D eigenvalue weighted by atomic mass is 32.2. The number of nitrogens with zero attached hydrogens (tertiary/aromatic N) is 2.